The van der Waals surface area contributed by atoms with E-state index in [1.165, 1.54) is 12.1 Å². The zero-order valence-electron chi connectivity index (χ0n) is 7.46. The molecule has 1 aliphatic rings. The molecule has 1 aromatic rings. The molecule has 0 aliphatic carbocycles. The van der Waals surface area contributed by atoms with E-state index in [1.807, 2.05) is 0 Å². The van der Waals surface area contributed by atoms with Gasteiger partial charge in [0.2, 0.25) is 5.91 Å². The van der Waals surface area contributed by atoms with Gasteiger partial charge in [0, 0.05) is 18.7 Å². The van der Waals surface area contributed by atoms with Crippen LogP contribution in [0.4, 0.5) is 10.1 Å². The summed E-state index contributed by atoms with van der Waals surface area (Å²) >= 11 is 5.55. The van der Waals surface area contributed by atoms with Crippen LogP contribution in [0.25, 0.3) is 0 Å². The molecule has 0 radical (unpaired) electrons. The van der Waals surface area contributed by atoms with Crippen LogP contribution in [0.1, 0.15) is 12.8 Å². The van der Waals surface area contributed by atoms with Crippen molar-refractivity contribution >= 4 is 23.2 Å². The molecule has 2 rings (SSSR count). The topological polar surface area (TPSA) is 20.3 Å². The molecule has 74 valence electrons. The van der Waals surface area contributed by atoms with E-state index < -0.39 is 5.82 Å². The lowest BCUT2D eigenvalue weighted by atomic mass is 10.3. The number of amides is 1. The highest BCUT2D eigenvalue weighted by Gasteiger charge is 2.22. The number of hydrogen-bond donors (Lipinski definition) is 0. The summed E-state index contributed by atoms with van der Waals surface area (Å²) in [5.74, 6) is -0.435. The lowest BCUT2D eigenvalue weighted by molar-refractivity contribution is -0.117. The summed E-state index contributed by atoms with van der Waals surface area (Å²) < 4.78 is 13.1. The van der Waals surface area contributed by atoms with E-state index in [1.54, 1.807) is 11.0 Å². The Hall–Kier alpha value is -1.09. The maximum absolute atomic E-state index is 13.1. The molecular formula is C10H9ClFNO. The normalized spacial score (nSPS) is 16.4. The number of rotatable bonds is 1. The van der Waals surface area contributed by atoms with E-state index in [9.17, 15) is 9.18 Å². The van der Waals surface area contributed by atoms with Gasteiger partial charge in [-0.25, -0.2) is 4.39 Å². The average molecular weight is 214 g/mol. The van der Waals surface area contributed by atoms with Gasteiger partial charge in [-0.15, -0.1) is 0 Å². The molecule has 4 heteroatoms. The predicted molar refractivity (Wildman–Crippen MR) is 53.0 cm³/mol. The number of carbonyl (C=O) groups is 1. The first-order valence-electron chi connectivity index (χ1n) is 4.44. The SMILES string of the molecule is O=C1CCCN1c1ccc(Cl)c(F)c1. The van der Waals surface area contributed by atoms with E-state index in [4.69, 9.17) is 11.6 Å². The van der Waals surface area contributed by atoms with Crippen molar-refractivity contribution in [3.05, 3.63) is 29.0 Å². The molecule has 2 nitrogen and oxygen atoms in total. The monoisotopic (exact) mass is 213 g/mol. The zero-order valence-corrected chi connectivity index (χ0v) is 8.22. The first-order valence-corrected chi connectivity index (χ1v) is 4.82. The number of hydrogen-bond acceptors (Lipinski definition) is 1. The first-order chi connectivity index (χ1) is 6.68. The fourth-order valence-electron chi connectivity index (χ4n) is 1.57. The summed E-state index contributed by atoms with van der Waals surface area (Å²) in [6, 6.07) is 4.43. The second-order valence-corrected chi connectivity index (χ2v) is 3.65. The third-order valence-corrected chi connectivity index (χ3v) is 2.59. The molecule has 1 aromatic carbocycles. The molecule has 0 N–H and O–H groups in total. The maximum atomic E-state index is 13.1. The first kappa shape index (κ1) is 9.46. The molecule has 0 saturated carbocycles. The minimum Gasteiger partial charge on any atom is -0.312 e. The Labute approximate surface area is 86.3 Å². The Balaban J connectivity index is 2.32. The highest BCUT2D eigenvalue weighted by atomic mass is 35.5. The van der Waals surface area contributed by atoms with Gasteiger partial charge in [0.15, 0.2) is 0 Å². The van der Waals surface area contributed by atoms with Crippen LogP contribution in [0.3, 0.4) is 0 Å². The van der Waals surface area contributed by atoms with Crippen LogP contribution < -0.4 is 4.90 Å². The molecule has 1 aliphatic heterocycles. The Morgan fingerprint density at radius 3 is 2.79 bits per heavy atom. The van der Waals surface area contributed by atoms with Gasteiger partial charge in [0.05, 0.1) is 5.02 Å². The minimum absolute atomic E-state index is 0.0479. The van der Waals surface area contributed by atoms with Gasteiger partial charge in [0.25, 0.3) is 0 Å². The van der Waals surface area contributed by atoms with Gasteiger partial charge in [-0.1, -0.05) is 11.6 Å². The third-order valence-electron chi connectivity index (χ3n) is 2.29. The Morgan fingerprint density at radius 1 is 1.43 bits per heavy atom. The number of halogens is 2. The van der Waals surface area contributed by atoms with Crippen LogP contribution >= 0.6 is 11.6 Å². The molecule has 0 spiro atoms. The molecule has 0 aromatic heterocycles. The molecule has 0 unspecified atom stereocenters. The van der Waals surface area contributed by atoms with Crippen LogP contribution in [-0.2, 0) is 4.79 Å². The Kier molecular flexibility index (Phi) is 2.42. The van der Waals surface area contributed by atoms with E-state index in [0.29, 0.717) is 18.7 Å². The van der Waals surface area contributed by atoms with Crippen molar-refractivity contribution < 1.29 is 9.18 Å². The molecule has 0 bridgehead atoms. The highest BCUT2D eigenvalue weighted by Crippen LogP contribution is 2.25. The Bertz CT molecular complexity index is 380. The number of benzene rings is 1. The molecular weight excluding hydrogens is 205 g/mol. The Morgan fingerprint density at radius 2 is 2.21 bits per heavy atom. The van der Waals surface area contributed by atoms with E-state index in [0.717, 1.165) is 6.42 Å². The van der Waals surface area contributed by atoms with Crippen molar-refractivity contribution in [2.45, 2.75) is 12.8 Å². The van der Waals surface area contributed by atoms with E-state index >= 15 is 0 Å². The summed E-state index contributed by atoms with van der Waals surface area (Å²) in [5, 5.41) is 0.0837. The van der Waals surface area contributed by atoms with Crippen molar-refractivity contribution in [2.75, 3.05) is 11.4 Å². The van der Waals surface area contributed by atoms with Crippen molar-refractivity contribution in [3.8, 4) is 0 Å². The van der Waals surface area contributed by atoms with Crippen LogP contribution in [0.2, 0.25) is 5.02 Å². The van der Waals surface area contributed by atoms with Gasteiger partial charge in [-0.2, -0.15) is 0 Å². The molecule has 1 heterocycles. The van der Waals surface area contributed by atoms with Crippen molar-refractivity contribution in [2.24, 2.45) is 0 Å². The lowest BCUT2D eigenvalue weighted by Gasteiger charge is -2.15. The number of carbonyl (C=O) groups excluding carboxylic acids is 1. The summed E-state index contributed by atoms with van der Waals surface area (Å²) in [4.78, 5) is 12.9. The summed E-state index contributed by atoms with van der Waals surface area (Å²) in [7, 11) is 0. The average Bonchev–Trinajstić information content (AvgIpc) is 2.57. The van der Waals surface area contributed by atoms with E-state index in [2.05, 4.69) is 0 Å². The second-order valence-electron chi connectivity index (χ2n) is 3.25. The third kappa shape index (κ3) is 1.60. The van der Waals surface area contributed by atoms with E-state index in [-0.39, 0.29) is 10.9 Å². The van der Waals surface area contributed by atoms with Crippen molar-refractivity contribution in [1.29, 1.82) is 0 Å². The smallest absolute Gasteiger partial charge is 0.227 e. The standard InChI is InChI=1S/C10H9ClFNO/c11-8-4-3-7(6-9(8)12)13-5-1-2-10(13)14/h3-4,6H,1-2,5H2. The molecule has 1 amide bonds. The fourth-order valence-corrected chi connectivity index (χ4v) is 1.69. The minimum atomic E-state index is -0.483. The molecule has 1 fully saturated rings. The van der Waals surface area contributed by atoms with Crippen molar-refractivity contribution in [1.82, 2.24) is 0 Å². The predicted octanol–water partition coefficient (Wildman–Crippen LogP) is 2.61. The highest BCUT2D eigenvalue weighted by molar-refractivity contribution is 6.30. The summed E-state index contributed by atoms with van der Waals surface area (Å²) in [5.41, 5.74) is 0.592. The number of nitrogens with zero attached hydrogens (tertiary/aromatic N) is 1. The molecule has 14 heavy (non-hydrogen) atoms. The second kappa shape index (κ2) is 3.58. The fraction of sp³-hybridized carbons (Fsp3) is 0.300. The maximum Gasteiger partial charge on any atom is 0.227 e. The molecule has 0 atom stereocenters. The largest absolute Gasteiger partial charge is 0.312 e. The zero-order chi connectivity index (χ0) is 10.1. The van der Waals surface area contributed by atoms with Crippen LogP contribution in [0.15, 0.2) is 18.2 Å². The van der Waals surface area contributed by atoms with Gasteiger partial charge < -0.3 is 4.90 Å². The van der Waals surface area contributed by atoms with Crippen LogP contribution in [-0.4, -0.2) is 12.5 Å². The lowest BCUT2D eigenvalue weighted by Crippen LogP contribution is -2.23. The van der Waals surface area contributed by atoms with Crippen molar-refractivity contribution in [3.63, 3.8) is 0 Å². The number of anilines is 1. The van der Waals surface area contributed by atoms with Crippen LogP contribution in [0, 0.1) is 5.82 Å². The van der Waals surface area contributed by atoms with Crippen LogP contribution in [0.5, 0.6) is 0 Å². The van der Waals surface area contributed by atoms with Gasteiger partial charge >= 0.3 is 0 Å². The van der Waals surface area contributed by atoms with Gasteiger partial charge in [-0.05, 0) is 24.6 Å². The summed E-state index contributed by atoms with van der Waals surface area (Å²) in [6.45, 7) is 0.667. The van der Waals surface area contributed by atoms with Gasteiger partial charge in [0.1, 0.15) is 5.82 Å². The quantitative estimate of drug-likeness (QED) is 0.702. The van der Waals surface area contributed by atoms with Gasteiger partial charge in [-0.3, -0.25) is 4.79 Å². The molecule has 1 saturated heterocycles. The summed E-state index contributed by atoms with van der Waals surface area (Å²) in [6.07, 6.45) is 1.38.